The van der Waals surface area contributed by atoms with E-state index in [0.717, 1.165) is 0 Å². The molecule has 2 aromatic rings. The number of hydrogen-bond donors (Lipinski definition) is 0. The van der Waals surface area contributed by atoms with E-state index < -0.39 is 11.7 Å². The van der Waals surface area contributed by atoms with Gasteiger partial charge in [0.1, 0.15) is 0 Å². The van der Waals surface area contributed by atoms with E-state index in [1.54, 1.807) is 36.4 Å². The van der Waals surface area contributed by atoms with Crippen LogP contribution in [-0.4, -0.2) is 24.3 Å². The molecule has 132 valence electrons. The first-order chi connectivity index (χ1) is 13.2. The molecule has 27 heavy (non-hydrogen) atoms. The van der Waals surface area contributed by atoms with Crippen LogP contribution in [0.4, 0.5) is 0 Å². The Bertz CT molecular complexity index is 865. The molecule has 0 spiro atoms. The first-order valence-corrected chi connectivity index (χ1v) is 7.33. The Hall–Kier alpha value is -4.08. The average Bonchev–Trinajstić information content (AvgIpc) is 2.70. The molecule has 0 radical (unpaired) electrons. The van der Waals surface area contributed by atoms with Crippen molar-refractivity contribution in [2.24, 2.45) is 20.0 Å². The first kappa shape index (κ1) is 19.2. The third-order valence-electron chi connectivity index (χ3n) is 3.37. The maximum absolute atomic E-state index is 11.0. The fourth-order valence-corrected chi connectivity index (χ4v) is 2.27. The number of aliphatic imine (C=N–C) groups is 4. The predicted octanol–water partition coefficient (Wildman–Crippen LogP) is 1.97. The number of carbonyl (C=O) groups excluding carboxylic acids is 4. The fraction of sp³-hybridized carbons (Fsp3) is 0.111. The van der Waals surface area contributed by atoms with Crippen LogP contribution in [0, 0.1) is 0 Å². The van der Waals surface area contributed by atoms with Gasteiger partial charge in [-0.3, -0.25) is 4.74 Å². The molecule has 0 N–H and O–H groups in total. The Morgan fingerprint density at radius 2 is 0.852 bits per heavy atom. The highest BCUT2D eigenvalue weighted by atomic mass is 16.6. The second-order valence-corrected chi connectivity index (χ2v) is 4.86. The second kappa shape index (κ2) is 8.85. The number of hydrogen-bond acceptors (Lipinski definition) is 9. The van der Waals surface area contributed by atoms with Gasteiger partial charge in [-0.05, 0) is 0 Å². The summed E-state index contributed by atoms with van der Waals surface area (Å²) >= 11 is 0. The Morgan fingerprint density at radius 1 is 0.556 bits per heavy atom. The smallest absolute Gasteiger partial charge is 0.276 e. The molecule has 2 aromatic carbocycles. The maximum Gasteiger partial charge on any atom is 0.309 e. The SMILES string of the molecule is O=C=NC(N=C=O)(OC(N=C=O)(N=C=O)c1ccccc1)c1ccccc1. The molecule has 9 heteroatoms. The molecule has 0 aliphatic heterocycles. The standard InChI is InChI=1S/C18H10N4O5/c23-11-19-17(20-12-24,15-7-3-1-4-8-15)27-18(21-13-25,22-14-26)16-9-5-2-6-10-16/h1-10H. The zero-order valence-electron chi connectivity index (χ0n) is 13.6. The van der Waals surface area contributed by atoms with Crippen LogP contribution in [0.2, 0.25) is 0 Å². The van der Waals surface area contributed by atoms with Crippen molar-refractivity contribution in [3.05, 3.63) is 71.8 Å². The van der Waals surface area contributed by atoms with Crippen LogP contribution < -0.4 is 0 Å². The van der Waals surface area contributed by atoms with Crippen LogP contribution in [0.15, 0.2) is 80.6 Å². The predicted molar refractivity (Wildman–Crippen MR) is 89.8 cm³/mol. The van der Waals surface area contributed by atoms with E-state index >= 15 is 0 Å². The van der Waals surface area contributed by atoms with Crippen molar-refractivity contribution in [2.75, 3.05) is 0 Å². The molecule has 0 saturated carbocycles. The molecule has 0 amide bonds. The zero-order valence-corrected chi connectivity index (χ0v) is 13.6. The first-order valence-electron chi connectivity index (χ1n) is 7.33. The summed E-state index contributed by atoms with van der Waals surface area (Å²) in [6, 6.07) is 15.3. The molecular weight excluding hydrogens is 352 g/mol. The third kappa shape index (κ3) is 4.12. The number of rotatable bonds is 8. The van der Waals surface area contributed by atoms with E-state index in [1.165, 1.54) is 48.6 Å². The van der Waals surface area contributed by atoms with Gasteiger partial charge in [0, 0.05) is 11.1 Å². The van der Waals surface area contributed by atoms with Gasteiger partial charge in [-0.15, -0.1) is 20.0 Å². The van der Waals surface area contributed by atoms with Crippen LogP contribution in [0.1, 0.15) is 11.1 Å². The summed E-state index contributed by atoms with van der Waals surface area (Å²) in [5.41, 5.74) is 0.193. The van der Waals surface area contributed by atoms with Gasteiger partial charge >= 0.3 is 11.7 Å². The summed E-state index contributed by atoms with van der Waals surface area (Å²) in [7, 11) is 0. The van der Waals surface area contributed by atoms with E-state index in [9.17, 15) is 19.2 Å². The third-order valence-corrected chi connectivity index (χ3v) is 3.37. The van der Waals surface area contributed by atoms with Crippen molar-refractivity contribution in [3.63, 3.8) is 0 Å². The van der Waals surface area contributed by atoms with Crippen molar-refractivity contribution < 1.29 is 23.9 Å². The number of nitrogens with zero attached hydrogens (tertiary/aromatic N) is 4. The van der Waals surface area contributed by atoms with Crippen molar-refractivity contribution >= 4 is 24.3 Å². The van der Waals surface area contributed by atoms with Crippen LogP contribution in [0.5, 0.6) is 0 Å². The molecular formula is C18H10N4O5. The number of isocyanates is 4. The molecule has 0 heterocycles. The van der Waals surface area contributed by atoms with Gasteiger partial charge in [-0.25, -0.2) is 19.2 Å². The van der Waals surface area contributed by atoms with Crippen molar-refractivity contribution in [1.82, 2.24) is 0 Å². The average molecular weight is 362 g/mol. The normalized spacial score (nSPS) is 13.9. The van der Waals surface area contributed by atoms with Crippen molar-refractivity contribution in [1.29, 1.82) is 0 Å². The summed E-state index contributed by atoms with van der Waals surface area (Å²) in [6.07, 6.45) is 4.99. The van der Waals surface area contributed by atoms with E-state index in [-0.39, 0.29) is 11.1 Å². The topological polar surface area (TPSA) is 127 Å². The Balaban J connectivity index is 2.81. The lowest BCUT2D eigenvalue weighted by molar-refractivity contribution is -0.153. The minimum absolute atomic E-state index is 0.0965. The van der Waals surface area contributed by atoms with E-state index in [4.69, 9.17) is 4.74 Å². The molecule has 0 aromatic heterocycles. The van der Waals surface area contributed by atoms with Crippen LogP contribution >= 0.6 is 0 Å². The van der Waals surface area contributed by atoms with Crippen molar-refractivity contribution in [3.8, 4) is 0 Å². The highest BCUT2D eigenvalue weighted by Gasteiger charge is 2.46. The van der Waals surface area contributed by atoms with Crippen molar-refractivity contribution in [2.45, 2.75) is 11.7 Å². The van der Waals surface area contributed by atoms with Gasteiger partial charge in [-0.2, -0.15) is 0 Å². The Labute approximate surface area is 152 Å². The number of benzene rings is 2. The van der Waals surface area contributed by atoms with Gasteiger partial charge in [-0.1, -0.05) is 60.7 Å². The molecule has 0 unspecified atom stereocenters. The van der Waals surface area contributed by atoms with Gasteiger partial charge in [0.2, 0.25) is 24.3 Å². The molecule has 0 bridgehead atoms. The monoisotopic (exact) mass is 362 g/mol. The summed E-state index contributed by atoms with van der Waals surface area (Å²) in [5, 5.41) is 0. The molecule has 0 aliphatic carbocycles. The quantitative estimate of drug-likeness (QED) is 0.524. The maximum atomic E-state index is 11.0. The fourth-order valence-electron chi connectivity index (χ4n) is 2.27. The van der Waals surface area contributed by atoms with Gasteiger partial charge in [0.05, 0.1) is 0 Å². The Kier molecular flexibility index (Phi) is 6.31. The van der Waals surface area contributed by atoms with E-state index in [2.05, 4.69) is 20.0 Å². The molecule has 2 rings (SSSR count). The minimum atomic E-state index is -2.36. The van der Waals surface area contributed by atoms with E-state index in [1.807, 2.05) is 0 Å². The molecule has 9 nitrogen and oxygen atoms in total. The largest absolute Gasteiger partial charge is 0.309 e. The summed E-state index contributed by atoms with van der Waals surface area (Å²) in [5.74, 6) is -4.72. The summed E-state index contributed by atoms with van der Waals surface area (Å²) < 4.78 is 5.64. The second-order valence-electron chi connectivity index (χ2n) is 4.86. The zero-order chi connectivity index (χ0) is 19.6. The van der Waals surface area contributed by atoms with Gasteiger partial charge < -0.3 is 0 Å². The van der Waals surface area contributed by atoms with Gasteiger partial charge in [0.15, 0.2) is 0 Å². The Morgan fingerprint density at radius 3 is 1.11 bits per heavy atom. The minimum Gasteiger partial charge on any atom is -0.276 e. The molecule has 0 saturated heterocycles. The summed E-state index contributed by atoms with van der Waals surface area (Å²) in [6.45, 7) is 0. The molecule has 0 aliphatic rings. The van der Waals surface area contributed by atoms with Crippen LogP contribution in [-0.2, 0) is 35.6 Å². The van der Waals surface area contributed by atoms with E-state index in [0.29, 0.717) is 0 Å². The van der Waals surface area contributed by atoms with Crippen LogP contribution in [0.25, 0.3) is 0 Å². The molecule has 0 fully saturated rings. The van der Waals surface area contributed by atoms with Gasteiger partial charge in [0.25, 0.3) is 0 Å². The highest BCUT2D eigenvalue weighted by molar-refractivity contribution is 5.44. The number of ether oxygens (including phenoxy) is 1. The lowest BCUT2D eigenvalue weighted by atomic mass is 10.1. The lowest BCUT2D eigenvalue weighted by Crippen LogP contribution is -2.37. The lowest BCUT2D eigenvalue weighted by Gasteiger charge is -2.31. The highest BCUT2D eigenvalue weighted by Crippen LogP contribution is 2.39. The summed E-state index contributed by atoms with van der Waals surface area (Å²) in [4.78, 5) is 57.9. The molecule has 0 atom stereocenters. The van der Waals surface area contributed by atoms with Crippen LogP contribution in [0.3, 0.4) is 0 Å².